The van der Waals surface area contributed by atoms with E-state index in [2.05, 4.69) is 32.3 Å². The normalized spacial score (nSPS) is 16.2. The lowest BCUT2D eigenvalue weighted by Gasteiger charge is -2.37. The first-order valence-electron chi connectivity index (χ1n) is 10.9. The molecule has 0 radical (unpaired) electrons. The van der Waals surface area contributed by atoms with E-state index in [-0.39, 0.29) is 17.0 Å². The maximum absolute atomic E-state index is 12.6. The minimum Gasteiger partial charge on any atom is -0.477 e. The number of nitrogens with zero attached hydrogens (tertiary/aromatic N) is 2. The highest BCUT2D eigenvalue weighted by Crippen LogP contribution is 2.46. The Kier molecular flexibility index (Phi) is 5.48. The average molecular weight is 445 g/mol. The van der Waals surface area contributed by atoms with E-state index in [0.29, 0.717) is 29.2 Å². The number of benzene rings is 1. The molecule has 0 fully saturated rings. The number of furan rings is 1. The van der Waals surface area contributed by atoms with Gasteiger partial charge in [0.1, 0.15) is 11.1 Å². The van der Waals surface area contributed by atoms with E-state index in [0.717, 1.165) is 22.2 Å². The molecular weight excluding hydrogens is 416 g/mol. The van der Waals surface area contributed by atoms with Crippen LogP contribution in [0.1, 0.15) is 62.1 Å². The van der Waals surface area contributed by atoms with Crippen LogP contribution in [0.5, 0.6) is 0 Å². The van der Waals surface area contributed by atoms with Gasteiger partial charge in [-0.25, -0.2) is 4.79 Å². The van der Waals surface area contributed by atoms with E-state index in [1.54, 1.807) is 0 Å². The van der Waals surface area contributed by atoms with Crippen LogP contribution in [-0.2, 0) is 6.42 Å². The highest BCUT2D eigenvalue weighted by Gasteiger charge is 2.36. The number of fused-ring (bicyclic) bond motifs is 5. The molecule has 1 aliphatic heterocycles. The molecule has 0 aliphatic carbocycles. The maximum Gasteiger partial charge on any atom is 0.341 e. The van der Waals surface area contributed by atoms with Gasteiger partial charge < -0.3 is 14.1 Å². The summed E-state index contributed by atoms with van der Waals surface area (Å²) in [6.07, 6.45) is 5.95. The quantitative estimate of drug-likeness (QED) is 0.500. The zero-order chi connectivity index (χ0) is 24.1. The van der Waals surface area contributed by atoms with E-state index >= 15 is 0 Å². The first-order chi connectivity index (χ1) is 15.5. The number of hydrogen-bond donors (Lipinski definition) is 1. The maximum atomic E-state index is 12.6. The van der Waals surface area contributed by atoms with Crippen molar-refractivity contribution in [3.63, 3.8) is 0 Å². The van der Waals surface area contributed by atoms with Gasteiger partial charge in [-0.05, 0) is 37.8 Å². The molecule has 33 heavy (non-hydrogen) atoms. The van der Waals surface area contributed by atoms with E-state index in [1.807, 2.05) is 48.8 Å². The number of rotatable bonds is 4. The second kappa shape index (κ2) is 8.03. The standard InChI is InChI=1S/C27H28N2O4/c1-7-9-20(28-15(2)3)17-11-8-10-16-18-12-23(27(4,5)6)29-14-19(26(31)32)22(30)13-21(29)25(18)33-24(16)17/h7-11,13-14,23H,2,12H2,1,3-6H3,(H,31,32)/b9-7-,28-20?. The molecule has 0 bridgehead atoms. The Morgan fingerprint density at radius 3 is 2.64 bits per heavy atom. The van der Waals surface area contributed by atoms with Gasteiger partial charge in [-0.2, -0.15) is 0 Å². The minimum atomic E-state index is -1.23. The van der Waals surface area contributed by atoms with Crippen LogP contribution >= 0.6 is 0 Å². The van der Waals surface area contributed by atoms with Gasteiger partial charge in [-0.1, -0.05) is 45.6 Å². The molecule has 0 spiro atoms. The number of aromatic carboxylic acids is 1. The van der Waals surface area contributed by atoms with Crippen LogP contribution in [-0.4, -0.2) is 21.4 Å². The topological polar surface area (TPSA) is 84.8 Å². The number of carboxylic acid groups (broad SMARTS) is 1. The molecule has 6 nitrogen and oxygen atoms in total. The van der Waals surface area contributed by atoms with Crippen molar-refractivity contribution in [3.05, 3.63) is 81.8 Å². The number of pyridine rings is 1. The Balaban J connectivity index is 2.06. The van der Waals surface area contributed by atoms with Crippen LogP contribution in [0.25, 0.3) is 22.4 Å². The van der Waals surface area contributed by atoms with Gasteiger partial charge in [0.2, 0.25) is 0 Å². The fourth-order valence-corrected chi connectivity index (χ4v) is 4.50. The Hall–Kier alpha value is -3.67. The highest BCUT2D eigenvalue weighted by molar-refractivity contribution is 6.16. The minimum absolute atomic E-state index is 0.0535. The summed E-state index contributed by atoms with van der Waals surface area (Å²) in [6, 6.07) is 7.29. The monoisotopic (exact) mass is 444 g/mol. The van der Waals surface area contributed by atoms with Gasteiger partial charge in [0.05, 0.1) is 11.4 Å². The lowest BCUT2D eigenvalue weighted by molar-refractivity contribution is 0.0693. The van der Waals surface area contributed by atoms with Crippen LogP contribution in [0.4, 0.5) is 0 Å². The summed E-state index contributed by atoms with van der Waals surface area (Å²) in [5, 5.41) is 10.5. The van der Waals surface area contributed by atoms with E-state index in [1.165, 1.54) is 12.3 Å². The molecule has 1 unspecified atom stereocenters. The number of carboxylic acids is 1. The Morgan fingerprint density at radius 1 is 1.30 bits per heavy atom. The SMILES string of the molecule is C=C(C)N=C(/C=C\C)c1cccc2c3c(oc12)-c1cc(=O)c(C(=O)O)cn1C(C(C)(C)C)C3. The lowest BCUT2D eigenvalue weighted by Crippen LogP contribution is -2.32. The van der Waals surface area contributed by atoms with Gasteiger partial charge in [0.25, 0.3) is 0 Å². The van der Waals surface area contributed by atoms with Crippen molar-refractivity contribution in [2.24, 2.45) is 10.4 Å². The first-order valence-corrected chi connectivity index (χ1v) is 10.9. The van der Waals surface area contributed by atoms with Crippen molar-refractivity contribution in [1.29, 1.82) is 0 Å². The van der Waals surface area contributed by atoms with Crippen molar-refractivity contribution in [3.8, 4) is 11.5 Å². The molecule has 1 atom stereocenters. The molecule has 4 rings (SSSR count). The van der Waals surface area contributed by atoms with Crippen molar-refractivity contribution in [1.82, 2.24) is 4.57 Å². The highest BCUT2D eigenvalue weighted by atomic mass is 16.4. The average Bonchev–Trinajstić information content (AvgIpc) is 3.10. The smallest absolute Gasteiger partial charge is 0.341 e. The fourth-order valence-electron chi connectivity index (χ4n) is 4.50. The summed E-state index contributed by atoms with van der Waals surface area (Å²) in [7, 11) is 0. The third-order valence-electron chi connectivity index (χ3n) is 6.01. The predicted molar refractivity (Wildman–Crippen MR) is 131 cm³/mol. The summed E-state index contributed by atoms with van der Waals surface area (Å²) < 4.78 is 8.31. The van der Waals surface area contributed by atoms with Gasteiger partial charge in [-0.15, -0.1) is 0 Å². The number of aliphatic imine (C=N–C) groups is 1. The molecule has 1 aromatic carbocycles. The molecule has 1 N–H and O–H groups in total. The van der Waals surface area contributed by atoms with Crippen LogP contribution in [0.3, 0.4) is 0 Å². The van der Waals surface area contributed by atoms with Crippen molar-refractivity contribution < 1.29 is 14.3 Å². The Morgan fingerprint density at radius 2 is 2.03 bits per heavy atom. The van der Waals surface area contributed by atoms with Crippen molar-refractivity contribution >= 4 is 22.7 Å². The molecule has 6 heteroatoms. The Labute approximate surface area is 192 Å². The molecular formula is C27H28N2O4. The summed E-state index contributed by atoms with van der Waals surface area (Å²) in [6.45, 7) is 14.0. The summed E-state index contributed by atoms with van der Waals surface area (Å²) in [5.41, 5.74) is 3.61. The van der Waals surface area contributed by atoms with Crippen LogP contribution in [0.2, 0.25) is 0 Å². The largest absolute Gasteiger partial charge is 0.477 e. The van der Waals surface area contributed by atoms with Gasteiger partial charge in [0.15, 0.2) is 11.2 Å². The first kappa shape index (κ1) is 22.5. The van der Waals surface area contributed by atoms with Gasteiger partial charge in [0, 0.05) is 40.5 Å². The van der Waals surface area contributed by atoms with E-state index in [9.17, 15) is 14.7 Å². The number of hydrogen-bond acceptors (Lipinski definition) is 4. The molecule has 3 aromatic rings. The Bertz CT molecular complexity index is 1410. The molecule has 1 aliphatic rings. The number of para-hydroxylation sites is 1. The van der Waals surface area contributed by atoms with E-state index in [4.69, 9.17) is 4.42 Å². The number of aromatic nitrogens is 1. The third-order valence-corrected chi connectivity index (χ3v) is 6.01. The zero-order valence-electron chi connectivity index (χ0n) is 19.6. The van der Waals surface area contributed by atoms with E-state index < -0.39 is 11.4 Å². The summed E-state index contributed by atoms with van der Waals surface area (Å²) in [4.78, 5) is 28.9. The van der Waals surface area contributed by atoms with Crippen LogP contribution in [0, 0.1) is 5.41 Å². The fraction of sp³-hybridized carbons (Fsp3) is 0.296. The second-order valence-corrected chi connectivity index (χ2v) is 9.56. The zero-order valence-corrected chi connectivity index (χ0v) is 19.6. The second-order valence-electron chi connectivity index (χ2n) is 9.56. The van der Waals surface area contributed by atoms with Crippen molar-refractivity contribution in [2.75, 3.05) is 0 Å². The van der Waals surface area contributed by atoms with Crippen LogP contribution in [0.15, 0.2) is 69.1 Å². The third kappa shape index (κ3) is 3.86. The number of allylic oxidation sites excluding steroid dienone is 3. The molecule has 2 aromatic heterocycles. The van der Waals surface area contributed by atoms with Crippen molar-refractivity contribution in [2.45, 2.75) is 47.1 Å². The predicted octanol–water partition coefficient (Wildman–Crippen LogP) is 6.00. The molecule has 0 saturated heterocycles. The van der Waals surface area contributed by atoms with Crippen LogP contribution < -0.4 is 5.43 Å². The molecule has 0 saturated carbocycles. The van der Waals surface area contributed by atoms with Gasteiger partial charge in [-0.3, -0.25) is 9.79 Å². The summed E-state index contributed by atoms with van der Waals surface area (Å²) in [5.74, 6) is -0.630. The molecule has 3 heterocycles. The molecule has 170 valence electrons. The lowest BCUT2D eigenvalue weighted by atomic mass is 9.79. The van der Waals surface area contributed by atoms with Gasteiger partial charge >= 0.3 is 5.97 Å². The molecule has 0 amide bonds. The summed E-state index contributed by atoms with van der Waals surface area (Å²) >= 11 is 0. The number of carbonyl (C=O) groups is 1.